The molecule has 2 aromatic rings. The van der Waals surface area contributed by atoms with Gasteiger partial charge in [-0.25, -0.2) is 0 Å². The SMILES string of the molecule is COc1ccc(CNC(C)c2ccc(Cl)cc2Cl)cc1Cl. The number of hydrogen-bond donors (Lipinski definition) is 1. The number of ether oxygens (including phenoxy) is 1. The summed E-state index contributed by atoms with van der Waals surface area (Å²) in [5.74, 6) is 0.675. The Morgan fingerprint density at radius 1 is 1.05 bits per heavy atom. The first-order chi connectivity index (χ1) is 10.0. The Morgan fingerprint density at radius 2 is 1.81 bits per heavy atom. The highest BCUT2D eigenvalue weighted by molar-refractivity contribution is 6.35. The summed E-state index contributed by atoms with van der Waals surface area (Å²) in [7, 11) is 1.60. The first-order valence-electron chi connectivity index (χ1n) is 6.52. The summed E-state index contributed by atoms with van der Waals surface area (Å²) in [5.41, 5.74) is 2.10. The van der Waals surface area contributed by atoms with Crippen molar-refractivity contribution in [3.63, 3.8) is 0 Å². The molecular weight excluding hydrogens is 329 g/mol. The molecule has 0 aromatic heterocycles. The number of halogens is 3. The van der Waals surface area contributed by atoms with Gasteiger partial charge in [0, 0.05) is 22.6 Å². The van der Waals surface area contributed by atoms with Gasteiger partial charge in [0.15, 0.2) is 0 Å². The van der Waals surface area contributed by atoms with E-state index in [9.17, 15) is 0 Å². The van der Waals surface area contributed by atoms with Crippen molar-refractivity contribution in [3.8, 4) is 5.75 Å². The smallest absolute Gasteiger partial charge is 0.137 e. The van der Waals surface area contributed by atoms with Crippen molar-refractivity contribution in [2.24, 2.45) is 0 Å². The molecule has 112 valence electrons. The fourth-order valence-electron chi connectivity index (χ4n) is 2.05. The summed E-state index contributed by atoms with van der Waals surface area (Å²) in [6.07, 6.45) is 0. The van der Waals surface area contributed by atoms with Crippen LogP contribution in [0.2, 0.25) is 15.1 Å². The normalized spacial score (nSPS) is 12.2. The average Bonchev–Trinajstić information content (AvgIpc) is 2.45. The van der Waals surface area contributed by atoms with E-state index in [0.717, 1.165) is 11.1 Å². The van der Waals surface area contributed by atoms with Gasteiger partial charge in [0.2, 0.25) is 0 Å². The van der Waals surface area contributed by atoms with E-state index in [2.05, 4.69) is 12.2 Å². The van der Waals surface area contributed by atoms with Crippen molar-refractivity contribution in [1.29, 1.82) is 0 Å². The van der Waals surface area contributed by atoms with Gasteiger partial charge >= 0.3 is 0 Å². The van der Waals surface area contributed by atoms with Crippen LogP contribution in [0, 0.1) is 0 Å². The van der Waals surface area contributed by atoms with E-state index in [4.69, 9.17) is 39.5 Å². The zero-order chi connectivity index (χ0) is 15.4. The van der Waals surface area contributed by atoms with Crippen LogP contribution in [-0.4, -0.2) is 7.11 Å². The second kappa shape index (κ2) is 7.37. The van der Waals surface area contributed by atoms with Crippen LogP contribution >= 0.6 is 34.8 Å². The fourth-order valence-corrected chi connectivity index (χ4v) is 2.91. The quantitative estimate of drug-likeness (QED) is 0.772. The molecule has 0 heterocycles. The van der Waals surface area contributed by atoms with Crippen molar-refractivity contribution in [3.05, 3.63) is 62.6 Å². The first-order valence-corrected chi connectivity index (χ1v) is 7.65. The second-order valence-electron chi connectivity index (χ2n) is 4.74. The summed E-state index contributed by atoms with van der Waals surface area (Å²) < 4.78 is 5.14. The molecule has 0 spiro atoms. The van der Waals surface area contributed by atoms with Crippen molar-refractivity contribution in [1.82, 2.24) is 5.32 Å². The van der Waals surface area contributed by atoms with E-state index in [1.807, 2.05) is 30.3 Å². The summed E-state index contributed by atoms with van der Waals surface area (Å²) in [6.45, 7) is 2.74. The minimum absolute atomic E-state index is 0.107. The van der Waals surface area contributed by atoms with Crippen molar-refractivity contribution >= 4 is 34.8 Å². The Hall–Kier alpha value is -0.930. The van der Waals surface area contributed by atoms with Gasteiger partial charge in [-0.3, -0.25) is 0 Å². The zero-order valence-corrected chi connectivity index (χ0v) is 14.1. The molecule has 0 saturated heterocycles. The third-order valence-electron chi connectivity index (χ3n) is 3.26. The third kappa shape index (κ3) is 4.27. The molecule has 0 saturated carbocycles. The van der Waals surface area contributed by atoms with Crippen LogP contribution in [0.4, 0.5) is 0 Å². The Kier molecular flexibility index (Phi) is 5.77. The predicted molar refractivity (Wildman–Crippen MR) is 89.7 cm³/mol. The van der Waals surface area contributed by atoms with Gasteiger partial charge in [-0.15, -0.1) is 0 Å². The number of benzene rings is 2. The van der Waals surface area contributed by atoms with E-state index in [1.165, 1.54) is 0 Å². The highest BCUT2D eigenvalue weighted by Gasteiger charge is 2.10. The molecule has 0 aliphatic heterocycles. The Labute approximate surface area is 140 Å². The monoisotopic (exact) mass is 343 g/mol. The standard InChI is InChI=1S/C16H16Cl3NO/c1-10(13-5-4-12(17)8-14(13)18)20-9-11-3-6-16(21-2)15(19)7-11/h3-8,10,20H,9H2,1-2H3. The molecule has 1 atom stereocenters. The summed E-state index contributed by atoms with van der Waals surface area (Å²) >= 11 is 18.2. The van der Waals surface area contributed by atoms with Crippen LogP contribution in [0.3, 0.4) is 0 Å². The minimum Gasteiger partial charge on any atom is -0.495 e. The molecule has 0 aliphatic carbocycles. The lowest BCUT2D eigenvalue weighted by atomic mass is 10.1. The number of hydrogen-bond acceptors (Lipinski definition) is 2. The topological polar surface area (TPSA) is 21.3 Å². The lowest BCUT2D eigenvalue weighted by molar-refractivity contribution is 0.414. The molecule has 5 heteroatoms. The molecule has 0 bridgehead atoms. The van der Waals surface area contributed by atoms with Gasteiger partial charge in [0.25, 0.3) is 0 Å². The van der Waals surface area contributed by atoms with Crippen LogP contribution < -0.4 is 10.1 Å². The number of nitrogens with one attached hydrogen (secondary N) is 1. The van der Waals surface area contributed by atoms with E-state index in [-0.39, 0.29) is 6.04 Å². The molecular formula is C16H16Cl3NO. The highest BCUT2D eigenvalue weighted by Crippen LogP contribution is 2.27. The first kappa shape index (κ1) is 16.4. The van der Waals surface area contributed by atoms with E-state index >= 15 is 0 Å². The van der Waals surface area contributed by atoms with Crippen molar-refractivity contribution < 1.29 is 4.74 Å². The van der Waals surface area contributed by atoms with Gasteiger partial charge < -0.3 is 10.1 Å². The summed E-state index contributed by atoms with van der Waals surface area (Å²) in [6, 6.07) is 11.4. The van der Waals surface area contributed by atoms with Crippen LogP contribution in [0.15, 0.2) is 36.4 Å². The lowest BCUT2D eigenvalue weighted by Gasteiger charge is -2.16. The fraction of sp³-hybridized carbons (Fsp3) is 0.250. The molecule has 0 radical (unpaired) electrons. The molecule has 2 rings (SSSR count). The molecule has 1 unspecified atom stereocenters. The van der Waals surface area contributed by atoms with Gasteiger partial charge in [0.1, 0.15) is 5.75 Å². The van der Waals surface area contributed by atoms with E-state index in [1.54, 1.807) is 13.2 Å². The molecule has 21 heavy (non-hydrogen) atoms. The maximum Gasteiger partial charge on any atom is 0.137 e. The van der Waals surface area contributed by atoms with Crippen molar-refractivity contribution in [2.75, 3.05) is 7.11 Å². The maximum atomic E-state index is 6.21. The lowest BCUT2D eigenvalue weighted by Crippen LogP contribution is -2.18. The van der Waals surface area contributed by atoms with Crippen LogP contribution in [0.1, 0.15) is 24.1 Å². The van der Waals surface area contributed by atoms with E-state index in [0.29, 0.717) is 27.4 Å². The molecule has 2 aromatic carbocycles. The molecule has 2 nitrogen and oxygen atoms in total. The minimum atomic E-state index is 0.107. The van der Waals surface area contributed by atoms with Crippen molar-refractivity contribution in [2.45, 2.75) is 19.5 Å². The predicted octanol–water partition coefficient (Wildman–Crippen LogP) is 5.51. The Balaban J connectivity index is 2.03. The highest BCUT2D eigenvalue weighted by atomic mass is 35.5. The molecule has 1 N–H and O–H groups in total. The van der Waals surface area contributed by atoms with Gasteiger partial charge in [-0.2, -0.15) is 0 Å². The van der Waals surface area contributed by atoms with E-state index < -0.39 is 0 Å². The van der Waals surface area contributed by atoms with Gasteiger partial charge in [-0.1, -0.05) is 46.9 Å². The Morgan fingerprint density at radius 3 is 2.43 bits per heavy atom. The number of rotatable bonds is 5. The summed E-state index contributed by atoms with van der Waals surface area (Å²) in [5, 5.41) is 5.32. The largest absolute Gasteiger partial charge is 0.495 e. The van der Waals surface area contributed by atoms with Gasteiger partial charge in [-0.05, 0) is 42.3 Å². The average molecular weight is 345 g/mol. The summed E-state index contributed by atoms with van der Waals surface area (Å²) in [4.78, 5) is 0. The van der Waals surface area contributed by atoms with Crippen LogP contribution in [-0.2, 0) is 6.54 Å². The Bertz CT molecular complexity index is 631. The van der Waals surface area contributed by atoms with Crippen LogP contribution in [0.5, 0.6) is 5.75 Å². The van der Waals surface area contributed by atoms with Gasteiger partial charge in [0.05, 0.1) is 12.1 Å². The second-order valence-corrected chi connectivity index (χ2v) is 5.99. The zero-order valence-electron chi connectivity index (χ0n) is 11.8. The maximum absolute atomic E-state index is 6.21. The molecule has 0 amide bonds. The third-order valence-corrected chi connectivity index (χ3v) is 4.12. The number of methoxy groups -OCH3 is 1. The van der Waals surface area contributed by atoms with Crippen LogP contribution in [0.25, 0.3) is 0 Å². The molecule has 0 fully saturated rings. The molecule has 0 aliphatic rings.